The molecule has 3 aromatic rings. The zero-order chi connectivity index (χ0) is 67.4. The number of amides is 2. The van der Waals surface area contributed by atoms with Crippen LogP contribution in [0, 0.1) is 28.6 Å². The number of nitrogens with zero attached hydrogens (tertiary/aromatic N) is 2. The third kappa shape index (κ3) is 21.8. The van der Waals surface area contributed by atoms with E-state index in [0.29, 0.717) is 84.7 Å². The fourth-order valence-electron chi connectivity index (χ4n) is 11.1. The predicted molar refractivity (Wildman–Crippen MR) is 355 cm³/mol. The van der Waals surface area contributed by atoms with Crippen molar-refractivity contribution in [1.29, 1.82) is 0 Å². The van der Waals surface area contributed by atoms with Crippen LogP contribution < -0.4 is 5.32 Å². The maximum Gasteiger partial charge on any atom is 0.413 e. The highest BCUT2D eigenvalue weighted by atomic mass is 35.5. The van der Waals surface area contributed by atoms with Crippen molar-refractivity contribution in [1.82, 2.24) is 15.1 Å². The van der Waals surface area contributed by atoms with Crippen LogP contribution in [0.1, 0.15) is 162 Å². The van der Waals surface area contributed by atoms with Crippen LogP contribution in [-0.2, 0) is 69.0 Å². The summed E-state index contributed by atoms with van der Waals surface area (Å²) in [6, 6.07) is 21.8. The number of carbonyl (C=O) groups excluding carboxylic acids is 7. The number of ketones is 3. The van der Waals surface area contributed by atoms with E-state index < -0.39 is 63.6 Å². The van der Waals surface area contributed by atoms with E-state index in [9.17, 15) is 38.4 Å². The summed E-state index contributed by atoms with van der Waals surface area (Å²) in [6.45, 7) is 17.0. The Kier molecular flexibility index (Phi) is 32.8. The number of hydrogen-bond donors (Lipinski definition) is 2. The Balaban J connectivity index is 0.000000322. The summed E-state index contributed by atoms with van der Waals surface area (Å²) in [5.74, 6) is -1.21. The van der Waals surface area contributed by atoms with Crippen LogP contribution in [0.2, 0.25) is 15.1 Å². The van der Waals surface area contributed by atoms with Crippen LogP contribution in [0.5, 0.6) is 0 Å². The third-order valence-electron chi connectivity index (χ3n) is 16.5. The molecule has 2 N–H and O–H groups in total. The van der Waals surface area contributed by atoms with E-state index in [1.54, 1.807) is 70.4 Å². The van der Waals surface area contributed by atoms with Gasteiger partial charge in [0.05, 0.1) is 39.3 Å². The van der Waals surface area contributed by atoms with Gasteiger partial charge in [0.1, 0.15) is 16.6 Å². The van der Waals surface area contributed by atoms with Gasteiger partial charge < -0.3 is 38.8 Å². The number of likely N-dealkylation sites (N-methyl/N-ethyl adjacent to an activating group) is 3. The average molecular weight is 1410 g/mol. The number of alkyl halides is 2. The fraction of sp³-hybridized carbons (Fsp3) is 0.606. The van der Waals surface area contributed by atoms with E-state index in [0.717, 1.165) is 50.5 Å². The number of aliphatic carboxylic acids is 1. The lowest BCUT2D eigenvalue weighted by Gasteiger charge is -2.43. The Labute approximate surface area is 572 Å². The number of carboxylic acid groups (broad SMARTS) is 1. The first-order chi connectivity index (χ1) is 42.3. The van der Waals surface area contributed by atoms with Gasteiger partial charge in [0, 0.05) is 99.7 Å². The van der Waals surface area contributed by atoms with Crippen molar-refractivity contribution in [3.63, 3.8) is 0 Å². The van der Waals surface area contributed by atoms with E-state index in [1.807, 2.05) is 78.9 Å². The van der Waals surface area contributed by atoms with Gasteiger partial charge in [-0.3, -0.25) is 33.8 Å². The molecule has 2 aliphatic heterocycles. The number of esters is 1. The van der Waals surface area contributed by atoms with Crippen molar-refractivity contribution >= 4 is 129 Å². The molecule has 0 radical (unpaired) electrons. The zero-order valence-electron chi connectivity index (χ0n) is 53.9. The second-order valence-electron chi connectivity index (χ2n) is 25.1. The summed E-state index contributed by atoms with van der Waals surface area (Å²) in [5.41, 5.74) is -3.26. The average Bonchev–Trinajstić information content (AvgIpc) is 0.805. The van der Waals surface area contributed by atoms with Gasteiger partial charge >= 0.3 is 29.6 Å². The highest BCUT2D eigenvalue weighted by Crippen LogP contribution is 2.45. The normalized spacial score (nSPS) is 22.2. The van der Waals surface area contributed by atoms with E-state index in [1.165, 1.54) is 9.80 Å². The van der Waals surface area contributed by atoms with Crippen molar-refractivity contribution in [2.75, 3.05) is 47.6 Å². The number of nitrogens with one attached hydrogen (secondary N) is 1. The summed E-state index contributed by atoms with van der Waals surface area (Å²) >= 11 is 35.4. The molecule has 0 bridgehead atoms. The topological polar surface area (TPSA) is 231 Å². The molecule has 6 atom stereocenters. The van der Waals surface area contributed by atoms with Gasteiger partial charge in [0.15, 0.2) is 28.5 Å². The molecule has 508 valence electrons. The lowest BCUT2D eigenvalue weighted by Crippen LogP contribution is -2.55. The van der Waals surface area contributed by atoms with E-state index in [4.69, 9.17) is 98.4 Å². The molecule has 0 aromatic heterocycles. The SMILES string of the molecule is CC(C)C(Cl)OC(=O)Cl.CC(C)C(Cl)OC(=O)N(C)[C@]1(c2ccccc2Cl)CCCCC1=O.CC(C)C(OC(=O)CC1(C)COC1)OC(=O)N(C)[C@]1(c2ccccc2Cl)CCCCC1=O.CC1(CC(=O)O)COC1.CN[C@]1(c2ccccc2Cl)CCCCC1=O.Cl. The van der Waals surface area contributed by atoms with Gasteiger partial charge in [-0.15, -0.1) is 12.4 Å². The van der Waals surface area contributed by atoms with Gasteiger partial charge in [-0.25, -0.2) is 14.4 Å². The number of rotatable bonds is 17. The molecule has 25 heteroatoms. The Morgan fingerprint density at radius 1 is 0.549 bits per heavy atom. The minimum absolute atomic E-state index is 0. The largest absolute Gasteiger partial charge is 0.481 e. The van der Waals surface area contributed by atoms with E-state index >= 15 is 0 Å². The molecular weight excluding hydrogens is 1320 g/mol. The van der Waals surface area contributed by atoms with Crippen LogP contribution in [0.25, 0.3) is 0 Å². The zero-order valence-corrected chi connectivity index (χ0v) is 59.2. The third-order valence-corrected chi connectivity index (χ3v) is 18.8. The molecule has 0 spiro atoms. The van der Waals surface area contributed by atoms with Crippen LogP contribution >= 0.6 is 82.0 Å². The Morgan fingerprint density at radius 3 is 1.24 bits per heavy atom. The van der Waals surface area contributed by atoms with Crippen molar-refractivity contribution in [3.8, 4) is 0 Å². The van der Waals surface area contributed by atoms with Crippen LogP contribution in [0.15, 0.2) is 72.8 Å². The van der Waals surface area contributed by atoms with Crippen molar-refractivity contribution in [2.45, 2.75) is 179 Å². The standard InChI is InChI=1S/C24H32ClNO6.C18H23Cl2NO3.C13H16ClNO.C6H10O3.C5H8Cl2O2.ClH/c1-16(2)21(31-20(28)13-23(3)14-30-15-23)32-22(29)26(4)24(12-8-7-11-19(24)27)17-9-5-6-10-18(17)25;1-12(2)16(20)24-17(23)21(3)18(11-7-6-10-15(18)22)13-8-4-5-9-14(13)19;1-15-13(9-5-4-8-12(13)16)10-6-2-3-7-11(10)14;1-6(2-5(7)8)3-9-4-6;1-3(2)4(6)9-5(7)8;/h5-6,9-10,16,21H,7-8,11-15H2,1-4H3;4-5,8-9,12,16H,6-7,10-11H2,1-3H3;2-3,6-7,15H,4-5,8-9H2,1H3;2-4H2,1H3,(H,7,8);3-4H,1-2H3;1H/t21?,24-;16?,18-;13-;;;/m000.../s1. The highest BCUT2D eigenvalue weighted by Gasteiger charge is 2.51. The van der Waals surface area contributed by atoms with E-state index in [2.05, 4.69) is 10.1 Å². The molecule has 18 nitrogen and oxygen atoms in total. The first kappa shape index (κ1) is 80.8. The Bertz CT molecular complexity index is 2930. The lowest BCUT2D eigenvalue weighted by atomic mass is 9.74. The Morgan fingerprint density at radius 2 is 0.923 bits per heavy atom. The van der Waals surface area contributed by atoms with Crippen molar-refractivity contribution in [2.24, 2.45) is 28.6 Å². The van der Waals surface area contributed by atoms with Gasteiger partial charge in [-0.2, -0.15) is 0 Å². The first-order valence-corrected chi connectivity index (χ1v) is 32.8. The summed E-state index contributed by atoms with van der Waals surface area (Å²) < 4.78 is 30.9. The summed E-state index contributed by atoms with van der Waals surface area (Å²) in [5, 5.41) is 13.1. The van der Waals surface area contributed by atoms with Crippen LogP contribution in [-0.4, -0.2) is 127 Å². The molecule has 8 rings (SSSR count). The quantitative estimate of drug-likeness (QED) is 0.0421. The van der Waals surface area contributed by atoms with Gasteiger partial charge in [-0.05, 0) is 82.2 Å². The molecule has 2 saturated heterocycles. The number of carbonyl (C=O) groups is 8. The van der Waals surface area contributed by atoms with E-state index in [-0.39, 0.29) is 71.2 Å². The molecule has 3 saturated carbocycles. The fourth-order valence-corrected chi connectivity index (χ4v) is 12.3. The molecular formula is C66H90Cl7N3O15. The molecule has 3 unspecified atom stereocenters. The molecule has 5 fully saturated rings. The highest BCUT2D eigenvalue weighted by molar-refractivity contribution is 6.61. The number of halogens is 7. The number of ether oxygens (including phenoxy) is 6. The molecule has 91 heavy (non-hydrogen) atoms. The molecule has 3 aromatic carbocycles. The lowest BCUT2D eigenvalue weighted by molar-refractivity contribution is -0.188. The maximum absolute atomic E-state index is 13.2. The molecule has 3 aliphatic carbocycles. The minimum Gasteiger partial charge on any atom is -0.481 e. The van der Waals surface area contributed by atoms with Gasteiger partial charge in [0.2, 0.25) is 0 Å². The predicted octanol–water partition coefficient (Wildman–Crippen LogP) is 16.1. The molecule has 2 amide bonds. The number of hydrogen-bond acceptors (Lipinski definition) is 15. The van der Waals surface area contributed by atoms with Crippen LogP contribution in [0.3, 0.4) is 0 Å². The second-order valence-corrected chi connectivity index (χ2v) is 27.5. The molecule has 5 aliphatic rings. The van der Waals surface area contributed by atoms with Gasteiger partial charge in [-0.1, -0.05) is 174 Å². The maximum atomic E-state index is 13.2. The number of benzene rings is 3. The first-order valence-electron chi connectivity index (χ1n) is 30.4. The smallest absolute Gasteiger partial charge is 0.413 e. The summed E-state index contributed by atoms with van der Waals surface area (Å²) in [4.78, 5) is 99.4. The van der Waals surface area contributed by atoms with Crippen LogP contribution in [0.4, 0.5) is 14.4 Å². The number of carboxylic acids is 1. The Hall–Kier alpha value is -4.47. The monoisotopic (exact) mass is 1410 g/mol. The van der Waals surface area contributed by atoms with Gasteiger partial charge in [0.25, 0.3) is 6.29 Å². The minimum atomic E-state index is -1.21. The van der Waals surface area contributed by atoms with Crippen molar-refractivity contribution in [3.05, 3.63) is 105 Å². The summed E-state index contributed by atoms with van der Waals surface area (Å²) in [6.07, 6.45) is 6.49. The summed E-state index contributed by atoms with van der Waals surface area (Å²) in [7, 11) is 4.96. The second kappa shape index (κ2) is 37.0. The van der Waals surface area contributed by atoms with Crippen molar-refractivity contribution < 1.29 is 71.9 Å². The molecule has 2 heterocycles. The number of Topliss-reactive ketones (excluding diaryl/α,β-unsaturated/α-hetero) is 3.